The van der Waals surface area contributed by atoms with Gasteiger partial charge in [-0.2, -0.15) is 0 Å². The molecule has 2 aromatic rings. The molecule has 0 bridgehead atoms. The Kier molecular flexibility index (Phi) is 3.78. The van der Waals surface area contributed by atoms with Gasteiger partial charge in [0.05, 0.1) is 0 Å². The molecule has 0 aliphatic carbocycles. The summed E-state index contributed by atoms with van der Waals surface area (Å²) in [4.78, 5) is 12.1. The van der Waals surface area contributed by atoms with E-state index < -0.39 is 5.60 Å². The van der Waals surface area contributed by atoms with E-state index >= 15 is 0 Å². The first-order valence-corrected chi connectivity index (χ1v) is 7.63. The number of cyclic esters (lactones) is 1. The Bertz CT molecular complexity index is 564. The maximum Gasteiger partial charge on any atom is 0.315 e. The first kappa shape index (κ1) is 13.9. The molecule has 1 unspecified atom stereocenters. The Hall–Kier alpha value is -2.09. The number of hydrogen-bond acceptors (Lipinski definition) is 2. The third kappa shape index (κ3) is 2.25. The molecule has 0 saturated carbocycles. The van der Waals surface area contributed by atoms with E-state index in [-0.39, 0.29) is 11.9 Å². The van der Waals surface area contributed by atoms with Crippen LogP contribution in [0.2, 0.25) is 0 Å². The predicted molar refractivity (Wildman–Crippen MR) is 82.8 cm³/mol. The second kappa shape index (κ2) is 5.72. The summed E-state index contributed by atoms with van der Waals surface area (Å²) in [6, 6.07) is 20.2. The van der Waals surface area contributed by atoms with Crippen molar-refractivity contribution >= 4 is 5.97 Å². The number of carbonyl (C=O) groups excluding carboxylic acids is 1. The van der Waals surface area contributed by atoms with Gasteiger partial charge in [0.2, 0.25) is 0 Å². The number of unbranched alkanes of at least 4 members (excludes halogenated alkanes) is 1. The van der Waals surface area contributed by atoms with Gasteiger partial charge in [0.1, 0.15) is 5.92 Å². The summed E-state index contributed by atoms with van der Waals surface area (Å²) in [6.07, 6.45) is 3.00. The van der Waals surface area contributed by atoms with Crippen molar-refractivity contribution in [3.8, 4) is 0 Å². The van der Waals surface area contributed by atoms with Crippen molar-refractivity contribution < 1.29 is 9.53 Å². The zero-order valence-electron chi connectivity index (χ0n) is 12.3. The standard InChI is InChI=1S/C19H20O2/c1-2-3-14-17-18(20)21-19(17,15-10-6-4-7-11-15)16-12-8-5-9-13-16/h4-13,17H,2-3,14H2,1H3. The van der Waals surface area contributed by atoms with Crippen molar-refractivity contribution in [2.75, 3.05) is 0 Å². The van der Waals surface area contributed by atoms with Gasteiger partial charge < -0.3 is 4.74 Å². The van der Waals surface area contributed by atoms with Gasteiger partial charge in [-0.25, -0.2) is 0 Å². The molecule has 0 aromatic heterocycles. The fraction of sp³-hybridized carbons (Fsp3) is 0.316. The fourth-order valence-corrected chi connectivity index (χ4v) is 3.20. The molecule has 0 N–H and O–H groups in total. The minimum absolute atomic E-state index is 0.0730. The lowest BCUT2D eigenvalue weighted by molar-refractivity contribution is -0.207. The van der Waals surface area contributed by atoms with E-state index in [1.54, 1.807) is 0 Å². The van der Waals surface area contributed by atoms with Crippen molar-refractivity contribution in [1.82, 2.24) is 0 Å². The largest absolute Gasteiger partial charge is 0.448 e. The Morgan fingerprint density at radius 2 is 1.48 bits per heavy atom. The van der Waals surface area contributed by atoms with Crippen LogP contribution in [0, 0.1) is 5.92 Å². The van der Waals surface area contributed by atoms with Crippen LogP contribution in [0.4, 0.5) is 0 Å². The summed E-state index contributed by atoms with van der Waals surface area (Å²) in [7, 11) is 0. The summed E-state index contributed by atoms with van der Waals surface area (Å²) < 4.78 is 5.77. The number of hydrogen-bond donors (Lipinski definition) is 0. The molecule has 1 aliphatic rings. The molecular weight excluding hydrogens is 260 g/mol. The van der Waals surface area contributed by atoms with Crippen LogP contribution in [-0.2, 0) is 15.1 Å². The van der Waals surface area contributed by atoms with E-state index in [2.05, 4.69) is 31.2 Å². The zero-order chi connectivity index (χ0) is 14.7. The number of rotatable bonds is 5. The van der Waals surface area contributed by atoms with Gasteiger partial charge >= 0.3 is 5.97 Å². The maximum atomic E-state index is 12.1. The van der Waals surface area contributed by atoms with Crippen molar-refractivity contribution in [1.29, 1.82) is 0 Å². The minimum atomic E-state index is -0.602. The van der Waals surface area contributed by atoms with E-state index in [1.165, 1.54) is 0 Å². The highest BCUT2D eigenvalue weighted by atomic mass is 16.6. The van der Waals surface area contributed by atoms with Crippen LogP contribution in [-0.4, -0.2) is 5.97 Å². The first-order valence-electron chi connectivity index (χ1n) is 7.63. The molecule has 0 spiro atoms. The molecule has 2 aromatic carbocycles. The van der Waals surface area contributed by atoms with Gasteiger partial charge in [-0.15, -0.1) is 0 Å². The van der Waals surface area contributed by atoms with Crippen molar-refractivity contribution in [3.05, 3.63) is 71.8 Å². The summed E-state index contributed by atoms with van der Waals surface area (Å²) in [5, 5.41) is 0. The number of ether oxygens (including phenoxy) is 1. The molecule has 1 heterocycles. The van der Waals surface area contributed by atoms with Crippen LogP contribution in [0.3, 0.4) is 0 Å². The number of esters is 1. The molecule has 2 heteroatoms. The molecule has 1 atom stereocenters. The van der Waals surface area contributed by atoms with Crippen molar-refractivity contribution in [2.45, 2.75) is 31.8 Å². The highest BCUT2D eigenvalue weighted by molar-refractivity contribution is 5.83. The molecule has 1 fully saturated rings. The van der Waals surface area contributed by atoms with Gasteiger partial charge in [0.15, 0.2) is 5.60 Å². The minimum Gasteiger partial charge on any atom is -0.448 e. The van der Waals surface area contributed by atoms with E-state index in [9.17, 15) is 4.79 Å². The van der Waals surface area contributed by atoms with Crippen molar-refractivity contribution in [3.63, 3.8) is 0 Å². The summed E-state index contributed by atoms with van der Waals surface area (Å²) in [5.74, 6) is -0.154. The third-order valence-corrected chi connectivity index (χ3v) is 4.29. The van der Waals surface area contributed by atoms with Gasteiger partial charge in [-0.3, -0.25) is 4.79 Å². The Balaban J connectivity index is 2.06. The van der Waals surface area contributed by atoms with Crippen LogP contribution in [0.1, 0.15) is 37.3 Å². The Labute approximate surface area is 125 Å². The number of carbonyl (C=O) groups is 1. The van der Waals surface area contributed by atoms with Gasteiger partial charge in [-0.05, 0) is 6.42 Å². The number of benzene rings is 2. The topological polar surface area (TPSA) is 26.3 Å². The molecule has 21 heavy (non-hydrogen) atoms. The molecule has 1 aliphatic heterocycles. The van der Waals surface area contributed by atoms with Crippen LogP contribution in [0.25, 0.3) is 0 Å². The lowest BCUT2D eigenvalue weighted by atomic mass is 9.70. The monoisotopic (exact) mass is 280 g/mol. The normalized spacial score (nSPS) is 19.7. The maximum absolute atomic E-state index is 12.1. The van der Waals surface area contributed by atoms with Gasteiger partial charge in [0.25, 0.3) is 0 Å². The average molecular weight is 280 g/mol. The molecule has 0 amide bonds. The molecule has 108 valence electrons. The third-order valence-electron chi connectivity index (χ3n) is 4.29. The lowest BCUT2D eigenvalue weighted by Crippen LogP contribution is -2.55. The van der Waals surface area contributed by atoms with E-state index in [0.29, 0.717) is 0 Å². The second-order valence-corrected chi connectivity index (χ2v) is 5.58. The highest BCUT2D eigenvalue weighted by Gasteiger charge is 2.58. The second-order valence-electron chi connectivity index (χ2n) is 5.58. The lowest BCUT2D eigenvalue weighted by Gasteiger charge is -2.48. The highest BCUT2D eigenvalue weighted by Crippen LogP contribution is 2.50. The van der Waals surface area contributed by atoms with E-state index in [1.807, 2.05) is 36.4 Å². The zero-order valence-corrected chi connectivity index (χ0v) is 12.3. The summed E-state index contributed by atoms with van der Waals surface area (Å²) in [6.45, 7) is 2.15. The molecule has 1 saturated heterocycles. The molecular formula is C19H20O2. The van der Waals surface area contributed by atoms with E-state index in [0.717, 1.165) is 30.4 Å². The molecule has 0 radical (unpaired) electrons. The van der Waals surface area contributed by atoms with Crippen molar-refractivity contribution in [2.24, 2.45) is 5.92 Å². The summed E-state index contributed by atoms with van der Waals surface area (Å²) in [5.41, 5.74) is 1.53. The van der Waals surface area contributed by atoms with Gasteiger partial charge in [-0.1, -0.05) is 80.4 Å². The molecule has 3 rings (SSSR count). The fourth-order valence-electron chi connectivity index (χ4n) is 3.20. The molecule has 2 nitrogen and oxygen atoms in total. The average Bonchev–Trinajstić information content (AvgIpc) is 2.54. The van der Waals surface area contributed by atoms with Gasteiger partial charge in [0, 0.05) is 11.1 Å². The van der Waals surface area contributed by atoms with Crippen LogP contribution in [0.5, 0.6) is 0 Å². The predicted octanol–water partition coefficient (Wildman–Crippen LogP) is 4.29. The first-order chi connectivity index (χ1) is 10.3. The quantitative estimate of drug-likeness (QED) is 0.764. The van der Waals surface area contributed by atoms with Crippen LogP contribution < -0.4 is 0 Å². The SMILES string of the molecule is CCCCC1C(=O)OC1(c1ccccc1)c1ccccc1. The van der Waals surface area contributed by atoms with Crippen LogP contribution >= 0.6 is 0 Å². The van der Waals surface area contributed by atoms with Crippen LogP contribution in [0.15, 0.2) is 60.7 Å². The Morgan fingerprint density at radius 3 is 1.90 bits per heavy atom. The Morgan fingerprint density at radius 1 is 0.952 bits per heavy atom. The van der Waals surface area contributed by atoms with E-state index in [4.69, 9.17) is 4.74 Å². The summed E-state index contributed by atoms with van der Waals surface area (Å²) >= 11 is 0. The smallest absolute Gasteiger partial charge is 0.315 e.